The third-order valence-corrected chi connectivity index (χ3v) is 3.19. The predicted octanol–water partition coefficient (Wildman–Crippen LogP) is 2.22. The maximum absolute atomic E-state index is 10.2. The van der Waals surface area contributed by atoms with Crippen molar-refractivity contribution in [2.24, 2.45) is 0 Å². The van der Waals surface area contributed by atoms with Gasteiger partial charge in [0.1, 0.15) is 17.6 Å². The van der Waals surface area contributed by atoms with Crippen LogP contribution in [0.4, 0.5) is 0 Å². The Morgan fingerprint density at radius 2 is 1.88 bits per heavy atom. The highest BCUT2D eigenvalue weighted by Crippen LogP contribution is 2.43. The van der Waals surface area contributed by atoms with E-state index in [9.17, 15) is 5.11 Å². The van der Waals surface area contributed by atoms with E-state index in [2.05, 4.69) is 0 Å². The van der Waals surface area contributed by atoms with Crippen LogP contribution < -0.4 is 9.47 Å². The quantitative estimate of drug-likeness (QED) is 0.858. The van der Waals surface area contributed by atoms with Crippen molar-refractivity contribution >= 4 is 0 Å². The largest absolute Gasteiger partial charge is 0.497 e. The fourth-order valence-corrected chi connectivity index (χ4v) is 2.31. The minimum Gasteiger partial charge on any atom is -0.497 e. The molecule has 1 aliphatic rings. The minimum atomic E-state index is -0.648. The number of hydrogen-bond donors (Lipinski definition) is 1. The smallest absolute Gasteiger partial charge is 0.128 e. The standard InChI is InChI=1S/C13H18O4/c1-7-12-10(13(14)8(2)17-7)5-9(15-3)6-11(12)16-4/h5-8,13-14H,1-4H3/t7-,8-,13-/m1/s1. The molecule has 0 amide bonds. The van der Waals surface area contributed by atoms with Crippen molar-refractivity contribution in [3.8, 4) is 11.5 Å². The average molecular weight is 238 g/mol. The normalized spacial score (nSPS) is 27.5. The van der Waals surface area contributed by atoms with Gasteiger partial charge in [0.15, 0.2) is 0 Å². The van der Waals surface area contributed by atoms with E-state index < -0.39 is 6.10 Å². The Bertz CT molecular complexity index is 416. The summed E-state index contributed by atoms with van der Waals surface area (Å²) in [5, 5.41) is 10.2. The molecule has 4 heteroatoms. The summed E-state index contributed by atoms with van der Waals surface area (Å²) in [6, 6.07) is 3.65. The highest BCUT2D eigenvalue weighted by Gasteiger charge is 2.32. The molecule has 2 rings (SSSR count). The van der Waals surface area contributed by atoms with E-state index in [4.69, 9.17) is 14.2 Å². The molecular weight excluding hydrogens is 220 g/mol. The van der Waals surface area contributed by atoms with Gasteiger partial charge in [-0.1, -0.05) is 0 Å². The summed E-state index contributed by atoms with van der Waals surface area (Å²) in [5.74, 6) is 1.37. The molecule has 0 unspecified atom stereocenters. The zero-order valence-corrected chi connectivity index (χ0v) is 10.6. The van der Waals surface area contributed by atoms with Crippen molar-refractivity contribution in [3.63, 3.8) is 0 Å². The van der Waals surface area contributed by atoms with Crippen LogP contribution in [0, 0.1) is 0 Å². The van der Waals surface area contributed by atoms with Crippen molar-refractivity contribution in [1.82, 2.24) is 0 Å². The van der Waals surface area contributed by atoms with E-state index in [1.54, 1.807) is 20.3 Å². The number of rotatable bonds is 2. The topological polar surface area (TPSA) is 47.9 Å². The van der Waals surface area contributed by atoms with Gasteiger partial charge in [-0.15, -0.1) is 0 Å². The number of fused-ring (bicyclic) bond motifs is 1. The number of ether oxygens (including phenoxy) is 3. The van der Waals surface area contributed by atoms with E-state index in [1.165, 1.54) is 0 Å². The molecule has 17 heavy (non-hydrogen) atoms. The molecule has 3 atom stereocenters. The number of benzene rings is 1. The van der Waals surface area contributed by atoms with Crippen LogP contribution in [0.1, 0.15) is 37.2 Å². The Labute approximate surface area is 101 Å². The predicted molar refractivity (Wildman–Crippen MR) is 63.5 cm³/mol. The molecule has 0 saturated carbocycles. The lowest BCUT2D eigenvalue weighted by Crippen LogP contribution is -2.27. The maximum Gasteiger partial charge on any atom is 0.128 e. The van der Waals surface area contributed by atoms with Gasteiger partial charge >= 0.3 is 0 Å². The Kier molecular flexibility index (Phi) is 3.26. The SMILES string of the molecule is COc1cc(OC)c2c(c1)[C@H](O)[C@@H](C)O[C@@H]2C. The Balaban J connectivity index is 2.59. The van der Waals surface area contributed by atoms with Crippen LogP contribution in [0.3, 0.4) is 0 Å². The first kappa shape index (κ1) is 12.2. The Hall–Kier alpha value is -1.26. The van der Waals surface area contributed by atoms with E-state index in [-0.39, 0.29) is 12.2 Å². The molecule has 0 spiro atoms. The third kappa shape index (κ3) is 1.98. The van der Waals surface area contributed by atoms with E-state index in [1.807, 2.05) is 19.9 Å². The van der Waals surface area contributed by atoms with E-state index in [0.717, 1.165) is 11.1 Å². The monoisotopic (exact) mass is 238 g/mol. The van der Waals surface area contributed by atoms with Gasteiger partial charge in [-0.25, -0.2) is 0 Å². The van der Waals surface area contributed by atoms with Gasteiger partial charge in [0.25, 0.3) is 0 Å². The second-order valence-corrected chi connectivity index (χ2v) is 4.26. The molecule has 0 fully saturated rings. The van der Waals surface area contributed by atoms with Crippen LogP contribution in [-0.4, -0.2) is 25.4 Å². The first-order valence-electron chi connectivity index (χ1n) is 5.67. The third-order valence-electron chi connectivity index (χ3n) is 3.19. The van der Waals surface area contributed by atoms with Crippen molar-refractivity contribution in [2.75, 3.05) is 14.2 Å². The number of aliphatic hydroxyl groups is 1. The van der Waals surface area contributed by atoms with Gasteiger partial charge in [-0.2, -0.15) is 0 Å². The van der Waals surface area contributed by atoms with Crippen molar-refractivity contribution in [2.45, 2.75) is 32.2 Å². The van der Waals surface area contributed by atoms with Crippen LogP contribution in [0.15, 0.2) is 12.1 Å². The summed E-state index contributed by atoms with van der Waals surface area (Å²) in [4.78, 5) is 0. The van der Waals surface area contributed by atoms with Crippen LogP contribution in [0.25, 0.3) is 0 Å². The van der Waals surface area contributed by atoms with Crippen LogP contribution in [0.2, 0.25) is 0 Å². The summed E-state index contributed by atoms with van der Waals surface area (Å²) in [6.07, 6.45) is -0.969. The lowest BCUT2D eigenvalue weighted by atomic mass is 9.92. The number of aliphatic hydroxyl groups excluding tert-OH is 1. The fourth-order valence-electron chi connectivity index (χ4n) is 2.31. The molecule has 0 aliphatic carbocycles. The van der Waals surface area contributed by atoms with Crippen LogP contribution in [0.5, 0.6) is 11.5 Å². The van der Waals surface area contributed by atoms with Crippen LogP contribution in [-0.2, 0) is 4.74 Å². The lowest BCUT2D eigenvalue weighted by Gasteiger charge is -2.33. The molecule has 1 aromatic rings. The number of methoxy groups -OCH3 is 2. The molecule has 94 valence electrons. The van der Waals surface area contributed by atoms with Crippen molar-refractivity contribution < 1.29 is 19.3 Å². The molecule has 1 aliphatic heterocycles. The average Bonchev–Trinajstić information content (AvgIpc) is 2.34. The molecule has 4 nitrogen and oxygen atoms in total. The summed E-state index contributed by atoms with van der Waals surface area (Å²) in [6.45, 7) is 3.81. The van der Waals surface area contributed by atoms with Gasteiger partial charge in [-0.3, -0.25) is 0 Å². The summed E-state index contributed by atoms with van der Waals surface area (Å²) >= 11 is 0. The number of hydrogen-bond acceptors (Lipinski definition) is 4. The summed E-state index contributed by atoms with van der Waals surface area (Å²) in [5.41, 5.74) is 1.73. The van der Waals surface area contributed by atoms with Gasteiger partial charge in [0.2, 0.25) is 0 Å². The molecule has 0 aromatic heterocycles. The molecule has 1 aromatic carbocycles. The van der Waals surface area contributed by atoms with E-state index >= 15 is 0 Å². The van der Waals surface area contributed by atoms with Crippen LogP contribution >= 0.6 is 0 Å². The lowest BCUT2D eigenvalue weighted by molar-refractivity contribution is -0.0817. The van der Waals surface area contributed by atoms with Gasteiger partial charge < -0.3 is 19.3 Å². The Morgan fingerprint density at radius 1 is 1.18 bits per heavy atom. The Morgan fingerprint density at radius 3 is 2.47 bits per heavy atom. The minimum absolute atomic E-state index is 0.0933. The molecule has 1 N–H and O–H groups in total. The summed E-state index contributed by atoms with van der Waals surface area (Å²) in [7, 11) is 3.20. The highest BCUT2D eigenvalue weighted by molar-refractivity contribution is 5.49. The van der Waals surface area contributed by atoms with Gasteiger partial charge in [0.05, 0.1) is 26.4 Å². The molecule has 1 heterocycles. The van der Waals surface area contributed by atoms with E-state index in [0.29, 0.717) is 11.5 Å². The zero-order valence-electron chi connectivity index (χ0n) is 10.6. The molecular formula is C13H18O4. The second kappa shape index (κ2) is 4.55. The highest BCUT2D eigenvalue weighted by atomic mass is 16.5. The fraction of sp³-hybridized carbons (Fsp3) is 0.538. The maximum atomic E-state index is 10.2. The second-order valence-electron chi connectivity index (χ2n) is 4.26. The zero-order chi connectivity index (χ0) is 12.6. The van der Waals surface area contributed by atoms with Gasteiger partial charge in [0, 0.05) is 11.6 Å². The van der Waals surface area contributed by atoms with Gasteiger partial charge in [-0.05, 0) is 25.5 Å². The molecule has 0 bridgehead atoms. The first-order chi connectivity index (χ1) is 8.08. The molecule has 0 radical (unpaired) electrons. The van der Waals surface area contributed by atoms with Crippen molar-refractivity contribution in [1.29, 1.82) is 0 Å². The van der Waals surface area contributed by atoms with Crippen molar-refractivity contribution in [3.05, 3.63) is 23.3 Å². The summed E-state index contributed by atoms with van der Waals surface area (Å²) < 4.78 is 16.2. The molecule has 0 saturated heterocycles. The first-order valence-corrected chi connectivity index (χ1v) is 5.67.